The highest BCUT2D eigenvalue weighted by Crippen LogP contribution is 2.21. The third-order valence-corrected chi connectivity index (χ3v) is 5.05. The van der Waals surface area contributed by atoms with E-state index in [-0.39, 0.29) is 11.9 Å². The van der Waals surface area contributed by atoms with Gasteiger partial charge in [-0.15, -0.1) is 0 Å². The molecular formula is C23H29N3O6. The number of hydrogen-bond donors (Lipinski definition) is 3. The first-order chi connectivity index (χ1) is 15.4. The lowest BCUT2D eigenvalue weighted by Gasteiger charge is -2.26. The van der Waals surface area contributed by atoms with Gasteiger partial charge in [0.1, 0.15) is 0 Å². The fourth-order valence-electron chi connectivity index (χ4n) is 3.43. The van der Waals surface area contributed by atoms with Crippen LogP contribution in [0.25, 0.3) is 5.57 Å². The number of amides is 3. The monoisotopic (exact) mass is 443 g/mol. The zero-order valence-electron chi connectivity index (χ0n) is 17.9. The van der Waals surface area contributed by atoms with Crippen LogP contribution in [-0.4, -0.2) is 76.6 Å². The van der Waals surface area contributed by atoms with Crippen LogP contribution in [-0.2, 0) is 14.4 Å². The van der Waals surface area contributed by atoms with Crippen LogP contribution >= 0.6 is 0 Å². The molecule has 1 aromatic carbocycles. The summed E-state index contributed by atoms with van der Waals surface area (Å²) in [6.45, 7) is 4.16. The topological polar surface area (TPSA) is 127 Å². The van der Waals surface area contributed by atoms with Crippen LogP contribution in [0, 0.1) is 0 Å². The Balaban J connectivity index is 0.000000390. The van der Waals surface area contributed by atoms with Crippen molar-refractivity contribution in [2.24, 2.45) is 0 Å². The Morgan fingerprint density at radius 1 is 1.00 bits per heavy atom. The van der Waals surface area contributed by atoms with Gasteiger partial charge in [-0.2, -0.15) is 0 Å². The largest absolute Gasteiger partial charge is 0.478 e. The van der Waals surface area contributed by atoms with Gasteiger partial charge in [0.15, 0.2) is 0 Å². The number of nitrogens with zero attached hydrogens (tertiary/aromatic N) is 2. The molecular weight excluding hydrogens is 414 g/mol. The minimum absolute atomic E-state index is 0.0536. The van der Waals surface area contributed by atoms with Crippen LogP contribution in [0.1, 0.15) is 31.2 Å². The molecule has 0 aliphatic carbocycles. The second-order valence-electron chi connectivity index (χ2n) is 7.39. The Labute approximate surface area is 187 Å². The second kappa shape index (κ2) is 13.1. The molecule has 172 valence electrons. The molecule has 2 aliphatic rings. The number of imide groups is 1. The second-order valence-corrected chi connectivity index (χ2v) is 7.39. The summed E-state index contributed by atoms with van der Waals surface area (Å²) in [5, 5.41) is 18.5. The van der Waals surface area contributed by atoms with E-state index in [9.17, 15) is 19.2 Å². The molecule has 0 saturated carbocycles. The maximum atomic E-state index is 11.9. The number of nitrogens with one attached hydrogen (secondary N) is 1. The van der Waals surface area contributed by atoms with Gasteiger partial charge >= 0.3 is 18.0 Å². The summed E-state index contributed by atoms with van der Waals surface area (Å²) in [4.78, 5) is 46.2. The van der Waals surface area contributed by atoms with E-state index in [1.165, 1.54) is 16.0 Å². The van der Waals surface area contributed by atoms with Crippen molar-refractivity contribution in [1.29, 1.82) is 0 Å². The number of urea groups is 1. The van der Waals surface area contributed by atoms with Crippen molar-refractivity contribution < 1.29 is 29.4 Å². The average Bonchev–Trinajstić information content (AvgIpc) is 3.22. The van der Waals surface area contributed by atoms with E-state index in [2.05, 4.69) is 40.6 Å². The maximum Gasteiger partial charge on any atom is 0.328 e. The third-order valence-electron chi connectivity index (χ3n) is 5.05. The van der Waals surface area contributed by atoms with Gasteiger partial charge in [-0.1, -0.05) is 36.4 Å². The van der Waals surface area contributed by atoms with Gasteiger partial charge in [0, 0.05) is 51.3 Å². The summed E-state index contributed by atoms with van der Waals surface area (Å²) in [5.41, 5.74) is 2.74. The van der Waals surface area contributed by atoms with E-state index in [1.54, 1.807) is 0 Å². The molecule has 1 fully saturated rings. The minimum Gasteiger partial charge on any atom is -0.478 e. The summed E-state index contributed by atoms with van der Waals surface area (Å²) < 4.78 is 0. The molecule has 9 heteroatoms. The van der Waals surface area contributed by atoms with Gasteiger partial charge < -0.3 is 15.5 Å². The fourth-order valence-corrected chi connectivity index (χ4v) is 3.43. The lowest BCUT2D eigenvalue weighted by Crippen LogP contribution is -2.41. The molecule has 9 nitrogen and oxygen atoms in total. The van der Waals surface area contributed by atoms with Gasteiger partial charge in [0.2, 0.25) is 5.91 Å². The summed E-state index contributed by atoms with van der Waals surface area (Å²) in [5.74, 6) is -2.57. The summed E-state index contributed by atoms with van der Waals surface area (Å²) in [6, 6.07) is 10.3. The van der Waals surface area contributed by atoms with Crippen LogP contribution in [0.15, 0.2) is 48.6 Å². The van der Waals surface area contributed by atoms with Crippen LogP contribution in [0.3, 0.4) is 0 Å². The molecule has 2 heterocycles. The Hall–Kier alpha value is -3.46. The zero-order valence-corrected chi connectivity index (χ0v) is 17.9. The van der Waals surface area contributed by atoms with Gasteiger partial charge in [0.25, 0.3) is 0 Å². The van der Waals surface area contributed by atoms with Crippen molar-refractivity contribution >= 4 is 29.5 Å². The predicted octanol–water partition coefficient (Wildman–Crippen LogP) is 2.21. The SMILES string of the molecule is O=C(O)/C=C\C(=O)O.O=C1CCCN1C(=O)NCCCN1CC=C(c2ccccc2)CC1. The first kappa shape index (κ1) is 24.8. The van der Waals surface area contributed by atoms with E-state index in [0.717, 1.165) is 38.9 Å². The highest BCUT2D eigenvalue weighted by molar-refractivity contribution is 5.95. The average molecular weight is 444 g/mol. The fraction of sp³-hybridized carbons (Fsp3) is 0.391. The number of benzene rings is 1. The number of carbonyl (C=O) groups is 4. The third kappa shape index (κ3) is 8.73. The minimum atomic E-state index is -1.26. The quantitative estimate of drug-likeness (QED) is 0.435. The van der Waals surface area contributed by atoms with Crippen molar-refractivity contribution in [3.05, 3.63) is 54.1 Å². The Kier molecular flexibility index (Phi) is 10.1. The van der Waals surface area contributed by atoms with Crippen molar-refractivity contribution in [3.8, 4) is 0 Å². The molecule has 1 aromatic rings. The smallest absolute Gasteiger partial charge is 0.328 e. The van der Waals surface area contributed by atoms with E-state index in [0.29, 0.717) is 31.7 Å². The van der Waals surface area contributed by atoms with E-state index >= 15 is 0 Å². The molecule has 32 heavy (non-hydrogen) atoms. The van der Waals surface area contributed by atoms with E-state index in [1.807, 2.05) is 6.07 Å². The van der Waals surface area contributed by atoms with Gasteiger partial charge in [-0.05, 0) is 30.4 Å². The predicted molar refractivity (Wildman–Crippen MR) is 119 cm³/mol. The first-order valence-corrected chi connectivity index (χ1v) is 10.6. The molecule has 2 aliphatic heterocycles. The Morgan fingerprint density at radius 3 is 2.22 bits per heavy atom. The van der Waals surface area contributed by atoms with Gasteiger partial charge in [-0.25, -0.2) is 14.4 Å². The van der Waals surface area contributed by atoms with Crippen LogP contribution in [0.2, 0.25) is 0 Å². The van der Waals surface area contributed by atoms with Crippen molar-refractivity contribution in [3.63, 3.8) is 0 Å². The molecule has 0 atom stereocenters. The Morgan fingerprint density at radius 2 is 1.69 bits per heavy atom. The van der Waals surface area contributed by atoms with Crippen molar-refractivity contribution in [1.82, 2.24) is 15.1 Å². The van der Waals surface area contributed by atoms with Crippen LogP contribution in [0.4, 0.5) is 4.79 Å². The number of carboxylic acid groups (broad SMARTS) is 2. The molecule has 0 radical (unpaired) electrons. The number of aliphatic carboxylic acids is 2. The van der Waals surface area contributed by atoms with Crippen LogP contribution < -0.4 is 5.32 Å². The molecule has 3 N–H and O–H groups in total. The van der Waals surface area contributed by atoms with Gasteiger partial charge in [-0.3, -0.25) is 14.6 Å². The van der Waals surface area contributed by atoms with Gasteiger partial charge in [0.05, 0.1) is 0 Å². The normalized spacial score (nSPS) is 16.3. The summed E-state index contributed by atoms with van der Waals surface area (Å²) in [6.07, 6.45) is 6.68. The number of carboxylic acids is 2. The van der Waals surface area contributed by atoms with Crippen molar-refractivity contribution in [2.45, 2.75) is 25.7 Å². The lowest BCUT2D eigenvalue weighted by molar-refractivity contribution is -0.134. The molecule has 0 bridgehead atoms. The standard InChI is InChI=1S/C19H25N3O2.C4H4O4/c23-18-8-4-13-22(18)19(24)20-11-5-12-21-14-9-17(10-15-21)16-6-2-1-3-7-16;5-3(6)1-2-4(7)8/h1-3,6-7,9H,4-5,8,10-15H2,(H,20,24);1-2H,(H,5,6)(H,7,8)/b;2-1-. The number of rotatable bonds is 7. The highest BCUT2D eigenvalue weighted by Gasteiger charge is 2.25. The van der Waals surface area contributed by atoms with E-state index < -0.39 is 11.9 Å². The van der Waals surface area contributed by atoms with Crippen LogP contribution in [0.5, 0.6) is 0 Å². The number of hydrogen-bond acceptors (Lipinski definition) is 5. The van der Waals surface area contributed by atoms with Crippen molar-refractivity contribution in [2.75, 3.05) is 32.7 Å². The molecule has 0 aromatic heterocycles. The number of likely N-dealkylation sites (tertiary alicyclic amines) is 1. The van der Waals surface area contributed by atoms with E-state index in [4.69, 9.17) is 10.2 Å². The summed E-state index contributed by atoms with van der Waals surface area (Å²) >= 11 is 0. The first-order valence-electron chi connectivity index (χ1n) is 10.6. The molecule has 0 unspecified atom stereocenters. The number of carbonyl (C=O) groups excluding carboxylic acids is 2. The molecule has 3 rings (SSSR count). The summed E-state index contributed by atoms with van der Waals surface area (Å²) in [7, 11) is 0. The highest BCUT2D eigenvalue weighted by atomic mass is 16.4. The maximum absolute atomic E-state index is 11.9. The molecule has 0 spiro atoms. The lowest BCUT2D eigenvalue weighted by atomic mass is 9.99. The zero-order chi connectivity index (χ0) is 23.3. The molecule has 3 amide bonds. The Bertz CT molecular complexity index is 850. The molecule has 1 saturated heterocycles.